The van der Waals surface area contributed by atoms with Crippen LogP contribution in [0.5, 0.6) is 0 Å². The van der Waals surface area contributed by atoms with Gasteiger partial charge in [0.25, 0.3) is 0 Å². The van der Waals surface area contributed by atoms with Crippen LogP contribution in [-0.2, 0) is 0 Å². The smallest absolute Gasteiger partial charge is 0.0225 e. The van der Waals surface area contributed by atoms with Crippen molar-refractivity contribution >= 4 is 0 Å². The van der Waals surface area contributed by atoms with E-state index < -0.39 is 0 Å². The molecule has 3 nitrogen and oxygen atoms in total. The molecule has 1 atom stereocenters. The van der Waals surface area contributed by atoms with Gasteiger partial charge in [-0.05, 0) is 39.9 Å². The minimum absolute atomic E-state index is 0.422. The molecule has 0 aromatic carbocycles. The Balaban J connectivity index is 3.45. The second-order valence-electron chi connectivity index (χ2n) is 3.32. The number of nitrogens with one attached hydrogen (secondary N) is 1. The maximum atomic E-state index is 5.40. The van der Waals surface area contributed by atoms with Crippen LogP contribution >= 0.6 is 0 Å². The second-order valence-corrected chi connectivity index (χ2v) is 3.32. The Hall–Kier alpha value is -0.380. The Bertz CT molecular complexity index is 112. The van der Waals surface area contributed by atoms with E-state index in [4.69, 9.17) is 5.84 Å². The van der Waals surface area contributed by atoms with Crippen LogP contribution in [0, 0.1) is 0 Å². The van der Waals surface area contributed by atoms with Crippen LogP contribution in [0.3, 0.4) is 0 Å². The maximum absolute atomic E-state index is 5.40. The monoisotopic (exact) mass is 171 g/mol. The van der Waals surface area contributed by atoms with Crippen molar-refractivity contribution in [2.24, 2.45) is 5.84 Å². The van der Waals surface area contributed by atoms with Gasteiger partial charge < -0.3 is 4.90 Å². The summed E-state index contributed by atoms with van der Waals surface area (Å²) in [6.45, 7) is 4.76. The predicted octanol–water partition coefficient (Wildman–Crippen LogP) is 0.736. The molecule has 0 aromatic heterocycles. The Labute approximate surface area is 75.6 Å². The van der Waals surface area contributed by atoms with Crippen LogP contribution in [0.1, 0.15) is 19.3 Å². The fourth-order valence-electron chi connectivity index (χ4n) is 1.04. The number of hydrazine groups is 1. The van der Waals surface area contributed by atoms with Crippen LogP contribution in [0.4, 0.5) is 0 Å². The number of nitrogens with zero attached hydrogens (tertiary/aromatic N) is 1. The fourth-order valence-corrected chi connectivity index (χ4v) is 1.04. The lowest BCUT2D eigenvalue weighted by Crippen LogP contribution is -2.37. The first kappa shape index (κ1) is 11.6. The summed E-state index contributed by atoms with van der Waals surface area (Å²) in [5.41, 5.74) is 2.82. The third kappa shape index (κ3) is 6.34. The van der Waals surface area contributed by atoms with E-state index in [1.54, 1.807) is 0 Å². The molecule has 0 rings (SSSR count). The molecule has 0 bridgehead atoms. The Morgan fingerprint density at radius 1 is 1.50 bits per heavy atom. The van der Waals surface area contributed by atoms with Gasteiger partial charge in [0.05, 0.1) is 0 Å². The molecule has 12 heavy (non-hydrogen) atoms. The molecule has 0 aliphatic carbocycles. The summed E-state index contributed by atoms with van der Waals surface area (Å²) in [6, 6.07) is 0.422. The average molecular weight is 171 g/mol. The lowest BCUT2D eigenvalue weighted by Gasteiger charge is -2.17. The molecule has 0 spiro atoms. The van der Waals surface area contributed by atoms with Crippen LogP contribution in [-0.4, -0.2) is 31.6 Å². The fraction of sp³-hybridized carbons (Fsp3) is 0.778. The molecule has 0 radical (unpaired) electrons. The second kappa shape index (κ2) is 7.28. The normalized spacial score (nSPS) is 13.3. The number of hydrogen-bond acceptors (Lipinski definition) is 3. The van der Waals surface area contributed by atoms with Gasteiger partial charge in [0.2, 0.25) is 0 Å². The molecule has 3 N–H and O–H groups in total. The molecule has 3 heteroatoms. The van der Waals surface area contributed by atoms with Crippen molar-refractivity contribution in [1.82, 2.24) is 10.3 Å². The summed E-state index contributed by atoms with van der Waals surface area (Å²) < 4.78 is 0. The number of hydrogen-bond donors (Lipinski definition) is 2. The van der Waals surface area contributed by atoms with E-state index in [1.807, 2.05) is 6.08 Å². The molecule has 0 aliphatic rings. The first-order valence-corrected chi connectivity index (χ1v) is 4.42. The summed E-state index contributed by atoms with van der Waals surface area (Å²) in [5.74, 6) is 5.40. The van der Waals surface area contributed by atoms with Crippen molar-refractivity contribution in [3.63, 3.8) is 0 Å². The van der Waals surface area contributed by atoms with Gasteiger partial charge in [-0.2, -0.15) is 0 Å². The summed E-state index contributed by atoms with van der Waals surface area (Å²) >= 11 is 0. The third-order valence-corrected chi connectivity index (χ3v) is 1.88. The quantitative estimate of drug-likeness (QED) is 0.337. The molecule has 1 unspecified atom stereocenters. The Morgan fingerprint density at radius 2 is 2.17 bits per heavy atom. The van der Waals surface area contributed by atoms with Gasteiger partial charge in [-0.3, -0.25) is 11.3 Å². The van der Waals surface area contributed by atoms with Gasteiger partial charge in [-0.25, -0.2) is 0 Å². The van der Waals surface area contributed by atoms with Crippen LogP contribution < -0.4 is 11.3 Å². The van der Waals surface area contributed by atoms with Crippen molar-refractivity contribution in [2.75, 3.05) is 20.6 Å². The van der Waals surface area contributed by atoms with Gasteiger partial charge in [0, 0.05) is 6.04 Å². The molecule has 0 amide bonds. The zero-order valence-electron chi connectivity index (χ0n) is 8.21. The van der Waals surface area contributed by atoms with Crippen molar-refractivity contribution in [1.29, 1.82) is 0 Å². The highest BCUT2D eigenvalue weighted by molar-refractivity contribution is 4.72. The van der Waals surface area contributed by atoms with Gasteiger partial charge in [0.1, 0.15) is 0 Å². The molecule has 72 valence electrons. The summed E-state index contributed by atoms with van der Waals surface area (Å²) in [7, 11) is 4.14. The van der Waals surface area contributed by atoms with Crippen molar-refractivity contribution in [3.05, 3.63) is 12.7 Å². The average Bonchev–Trinajstić information content (AvgIpc) is 2.05. The highest BCUT2D eigenvalue weighted by Crippen LogP contribution is 2.01. The molecule has 0 aromatic rings. The minimum atomic E-state index is 0.422. The van der Waals surface area contributed by atoms with Crippen LogP contribution in [0.2, 0.25) is 0 Å². The lowest BCUT2D eigenvalue weighted by molar-refractivity contribution is 0.352. The lowest BCUT2D eigenvalue weighted by atomic mass is 10.1. The van der Waals surface area contributed by atoms with Gasteiger partial charge in [-0.1, -0.05) is 6.08 Å². The van der Waals surface area contributed by atoms with Crippen molar-refractivity contribution in [2.45, 2.75) is 25.3 Å². The molecule has 0 saturated carbocycles. The highest BCUT2D eigenvalue weighted by atomic mass is 15.2. The van der Waals surface area contributed by atoms with Gasteiger partial charge in [-0.15, -0.1) is 6.58 Å². The zero-order valence-corrected chi connectivity index (χ0v) is 8.21. The molecular formula is C9H21N3. The van der Waals surface area contributed by atoms with Crippen molar-refractivity contribution < 1.29 is 0 Å². The summed E-state index contributed by atoms with van der Waals surface area (Å²) in [5, 5.41) is 0. The van der Waals surface area contributed by atoms with E-state index in [0.29, 0.717) is 6.04 Å². The Morgan fingerprint density at radius 3 is 2.58 bits per heavy atom. The maximum Gasteiger partial charge on any atom is 0.0225 e. The first-order chi connectivity index (χ1) is 5.70. The van der Waals surface area contributed by atoms with Crippen molar-refractivity contribution in [3.8, 4) is 0 Å². The number of rotatable bonds is 7. The zero-order chi connectivity index (χ0) is 9.40. The third-order valence-electron chi connectivity index (χ3n) is 1.88. The van der Waals surface area contributed by atoms with E-state index >= 15 is 0 Å². The first-order valence-electron chi connectivity index (χ1n) is 4.42. The van der Waals surface area contributed by atoms with Crippen LogP contribution in [0.25, 0.3) is 0 Å². The SMILES string of the molecule is C=CCCC(CCN(C)C)NN. The number of allylic oxidation sites excluding steroid dienone is 1. The Kier molecular flexibility index (Phi) is 7.05. The molecule has 0 saturated heterocycles. The van der Waals surface area contributed by atoms with E-state index in [0.717, 1.165) is 25.8 Å². The topological polar surface area (TPSA) is 41.3 Å². The van der Waals surface area contributed by atoms with Gasteiger partial charge in [0.15, 0.2) is 0 Å². The largest absolute Gasteiger partial charge is 0.309 e. The molecular weight excluding hydrogens is 150 g/mol. The predicted molar refractivity (Wildman–Crippen MR) is 53.7 cm³/mol. The van der Waals surface area contributed by atoms with E-state index in [2.05, 4.69) is 31.0 Å². The minimum Gasteiger partial charge on any atom is -0.309 e. The van der Waals surface area contributed by atoms with E-state index in [1.165, 1.54) is 0 Å². The number of nitrogens with two attached hydrogens (primary N) is 1. The molecule has 0 fully saturated rings. The molecule has 0 heterocycles. The van der Waals surface area contributed by atoms with Crippen LogP contribution in [0.15, 0.2) is 12.7 Å². The highest BCUT2D eigenvalue weighted by Gasteiger charge is 2.04. The molecule has 0 aliphatic heterocycles. The standard InChI is InChI=1S/C9H21N3/c1-4-5-6-9(11-10)7-8-12(2)3/h4,9,11H,1,5-8,10H2,2-3H3. The van der Waals surface area contributed by atoms with Gasteiger partial charge >= 0.3 is 0 Å². The van der Waals surface area contributed by atoms with E-state index in [9.17, 15) is 0 Å². The summed E-state index contributed by atoms with van der Waals surface area (Å²) in [4.78, 5) is 2.16. The summed E-state index contributed by atoms with van der Waals surface area (Å²) in [6.07, 6.45) is 5.13. The van der Waals surface area contributed by atoms with E-state index in [-0.39, 0.29) is 0 Å².